The molecule has 0 spiro atoms. The summed E-state index contributed by atoms with van der Waals surface area (Å²) in [5, 5.41) is 50.1. The van der Waals surface area contributed by atoms with Crippen molar-refractivity contribution in [3.63, 3.8) is 0 Å². The minimum Gasteiger partial charge on any atom is -0.370 e. The smallest absolute Gasteiger partial charge is 0.245 e. The number of nitrogens with zero attached hydrogens (tertiary/aromatic N) is 3. The number of fused-ring (bicyclic) bond motifs is 5. The number of aromatic nitrogens is 5. The summed E-state index contributed by atoms with van der Waals surface area (Å²) in [6.07, 6.45) is 11.5. The van der Waals surface area contributed by atoms with Crippen LogP contribution in [0.4, 0.5) is 0 Å². The Labute approximate surface area is 843 Å². The van der Waals surface area contributed by atoms with E-state index in [1.165, 1.54) is 14.7 Å². The van der Waals surface area contributed by atoms with Crippen molar-refractivity contribution in [3.8, 4) is 0 Å². The third kappa shape index (κ3) is 33.7. The van der Waals surface area contributed by atoms with Gasteiger partial charge in [-0.1, -0.05) is 125 Å². The van der Waals surface area contributed by atoms with Gasteiger partial charge in [0.2, 0.25) is 76.8 Å². The number of carbonyl (C=O) groups is 13. The summed E-state index contributed by atoms with van der Waals surface area (Å²) in [4.78, 5) is 217. The lowest BCUT2D eigenvalue weighted by molar-refractivity contribution is -0.141. The number of nitrogens with two attached hydrogens (primary N) is 8. The largest absolute Gasteiger partial charge is 0.370 e. The van der Waals surface area contributed by atoms with E-state index < -0.39 is 157 Å². The van der Waals surface area contributed by atoms with Crippen molar-refractivity contribution < 1.29 is 62.3 Å². The van der Waals surface area contributed by atoms with Gasteiger partial charge in [-0.3, -0.25) is 73.1 Å². The molecule has 0 bridgehead atoms. The molecule has 5 aromatic heterocycles. The van der Waals surface area contributed by atoms with Gasteiger partial charge in [0.05, 0.1) is 25.7 Å². The summed E-state index contributed by atoms with van der Waals surface area (Å²) in [6.45, 7) is 6.49. The average Bonchev–Trinajstić information content (AvgIpc) is 1.66. The SMILES string of the molecule is CC[C@H](C)[C@H](N)C(=O)N[C@@H](CC(C)C)C(=O)N(CCCCN)CC(=O)N[C@@H](Cc1c[nH]c2ccccc12)C(=O)N[C@@H](CCCCN)C(=O)N[C@@H](Cc1c[nH]c2ccccc12)C(=O)N(CCCCN)CC(=O)N[C@@H](Cc1c[nH]c2ccccc12)C(=O)N[C@@H](Cc1c[nH]c2ccccc12)C(=O)N(CCCCN)CC(=O)N[C@@H](Cc1c[nH]c2ccccc12)C(=O)N[C@@H](CCCNC(=N)N)C(=O)N[C@@H](CCCNC(=N)N)C(N)=O. The first-order chi connectivity index (χ1) is 69.8. The van der Waals surface area contributed by atoms with E-state index in [9.17, 15) is 24.0 Å². The molecule has 5 heterocycles. The number of primary amides is 1. The van der Waals surface area contributed by atoms with Crippen LogP contribution in [-0.4, -0.2) is 267 Å². The number of aromatic amines is 5. The summed E-state index contributed by atoms with van der Waals surface area (Å²) in [6, 6.07) is 23.0. The Kier molecular flexibility index (Phi) is 44.1. The van der Waals surface area contributed by atoms with Crippen LogP contribution in [0.2, 0.25) is 0 Å². The van der Waals surface area contributed by atoms with E-state index >= 15 is 38.4 Å². The van der Waals surface area contributed by atoms with E-state index in [1.54, 1.807) is 49.2 Å². The van der Waals surface area contributed by atoms with Crippen molar-refractivity contribution >= 4 is 143 Å². The van der Waals surface area contributed by atoms with Gasteiger partial charge in [-0.15, -0.1) is 0 Å². The number of nitrogens with one attached hydrogen (secondary N) is 18. The summed E-state index contributed by atoms with van der Waals surface area (Å²) in [5.74, 6) is -11.0. The molecule has 0 aliphatic carbocycles. The molecular formula is C103H147N29O13. The molecule has 42 nitrogen and oxygen atoms in total. The Morgan fingerprint density at radius 1 is 0.324 bits per heavy atom. The molecule has 145 heavy (non-hydrogen) atoms. The number of amides is 13. The molecule has 0 unspecified atom stereocenters. The van der Waals surface area contributed by atoms with Crippen LogP contribution in [0.1, 0.15) is 152 Å². The third-order valence-electron chi connectivity index (χ3n) is 26.0. The molecule has 0 aliphatic rings. The zero-order valence-corrected chi connectivity index (χ0v) is 83.3. The Hall–Kier alpha value is -14.8. The topological polar surface area (TPSA) is 699 Å². The molecule has 11 atom stereocenters. The molecule has 0 fully saturated rings. The number of rotatable bonds is 63. The zero-order chi connectivity index (χ0) is 105. The van der Waals surface area contributed by atoms with Gasteiger partial charge in [0, 0.05) is 150 Å². The standard InChI is InChI=1S/C103H147N29O13/c1-5-63(4)91(108)98(142)129-85(48-62(2)3)99(143)130(45-21-18-40-105)59-88(133)121-82(49-64-54-116-74-31-11-6-26-69(64)74)95(139)125-80(36-16-17-39-104)94(138)127-86(52-67-57-119-77-34-14-9-29-72(67)77)100(144)131(46-22-19-41-106)61-90(135)123-84(51-66-56-118-76-33-13-8-28-71(66)76)97(141)128-87(53-68-58-120-78-35-15-10-30-73(68)78)101(145)132(47-23-20-42-107)60-89(134)122-83(50-65-55-117-75-32-12-7-27-70(65)75)96(140)126-81(38-25-44-115-103(112)113)93(137)124-79(92(109)136)37-24-43-114-102(110)111/h6-15,26-35,54-58,62-63,79-87,91,116-120H,5,16-25,36-53,59-61,104-108H2,1-4H3,(H2,109,136)(H,121,133)(H,122,134)(H,123,135)(H,124,137)(H,125,139)(H,126,140)(H,127,138)(H,128,141)(H,129,142)(H4,110,111,114)(H4,112,113,115)/t63-,79-,80-,81-,82-,83-,84-,85-,86-,87-,91-/m0/s1. The first-order valence-electron chi connectivity index (χ1n) is 50.1. The molecule has 10 aromatic rings. The Morgan fingerprint density at radius 3 is 0.883 bits per heavy atom. The maximum atomic E-state index is 16.2. The fraction of sp³-hybridized carbons (Fsp3) is 0.466. The van der Waals surface area contributed by atoms with Gasteiger partial charge in [-0.05, 0) is 186 Å². The highest BCUT2D eigenvalue weighted by Crippen LogP contribution is 2.28. The number of para-hydroxylation sites is 5. The van der Waals surface area contributed by atoms with Crippen LogP contribution >= 0.6 is 0 Å². The van der Waals surface area contributed by atoms with Gasteiger partial charge in [0.15, 0.2) is 11.9 Å². The number of hydrogen-bond acceptors (Lipinski definition) is 20. The van der Waals surface area contributed by atoms with Crippen LogP contribution in [0.3, 0.4) is 0 Å². The number of H-pyrrole nitrogens is 5. The molecule has 0 radical (unpaired) electrons. The Morgan fingerprint density at radius 2 is 0.586 bits per heavy atom. The summed E-state index contributed by atoms with van der Waals surface area (Å²) in [7, 11) is 0. The summed E-state index contributed by atoms with van der Waals surface area (Å²) < 4.78 is 0. The van der Waals surface area contributed by atoms with Gasteiger partial charge >= 0.3 is 0 Å². The number of guanidine groups is 2. The summed E-state index contributed by atoms with van der Waals surface area (Å²) in [5.41, 5.74) is 54.1. The van der Waals surface area contributed by atoms with Crippen LogP contribution in [0.15, 0.2) is 152 Å². The first-order valence-corrected chi connectivity index (χ1v) is 50.1. The molecular weight excluding hydrogens is 1850 g/mol. The van der Waals surface area contributed by atoms with E-state index in [-0.39, 0.29) is 173 Å². The van der Waals surface area contributed by atoms with Crippen molar-refractivity contribution in [2.45, 2.75) is 217 Å². The van der Waals surface area contributed by atoms with Crippen LogP contribution in [0.5, 0.6) is 0 Å². The first kappa shape index (κ1) is 112. The monoisotopic (exact) mass is 2000 g/mol. The second-order valence-corrected chi connectivity index (χ2v) is 37.5. The minimum absolute atomic E-state index is 0.0201. The molecule has 782 valence electrons. The minimum atomic E-state index is -1.55. The van der Waals surface area contributed by atoms with Crippen molar-refractivity contribution in [2.24, 2.45) is 57.7 Å². The molecule has 10 rings (SSSR count). The van der Waals surface area contributed by atoms with Gasteiger partial charge in [0.1, 0.15) is 54.4 Å². The summed E-state index contributed by atoms with van der Waals surface area (Å²) >= 11 is 0. The second-order valence-electron chi connectivity index (χ2n) is 37.5. The second kappa shape index (κ2) is 56.9. The van der Waals surface area contributed by atoms with Gasteiger partial charge < -0.3 is 144 Å². The van der Waals surface area contributed by atoms with Crippen molar-refractivity contribution in [3.05, 3.63) is 180 Å². The fourth-order valence-electron chi connectivity index (χ4n) is 17.9. The van der Waals surface area contributed by atoms with Crippen LogP contribution in [0.25, 0.3) is 54.5 Å². The lowest BCUT2D eigenvalue weighted by Gasteiger charge is -2.31. The molecule has 0 saturated carbocycles. The van der Waals surface area contributed by atoms with E-state index in [0.29, 0.717) is 110 Å². The third-order valence-corrected chi connectivity index (χ3v) is 26.0. The van der Waals surface area contributed by atoms with Gasteiger partial charge in [-0.2, -0.15) is 0 Å². The Bertz CT molecular complexity index is 6020. The maximum absolute atomic E-state index is 16.2. The maximum Gasteiger partial charge on any atom is 0.245 e. The number of hydrogen-bond donors (Lipinski definition) is 26. The average molecular weight is 2000 g/mol. The van der Waals surface area contributed by atoms with Crippen molar-refractivity contribution in [1.82, 2.24) is 98.1 Å². The van der Waals surface area contributed by atoms with E-state index in [4.69, 9.17) is 56.7 Å². The van der Waals surface area contributed by atoms with Crippen LogP contribution < -0.4 is 104 Å². The molecule has 13 amide bonds. The zero-order valence-electron chi connectivity index (χ0n) is 83.3. The molecule has 0 aliphatic heterocycles. The molecule has 34 N–H and O–H groups in total. The molecule has 42 heteroatoms. The normalized spacial score (nSPS) is 13.7. The van der Waals surface area contributed by atoms with Gasteiger partial charge in [-0.25, -0.2) is 0 Å². The quantitative estimate of drug-likeness (QED) is 0.0148. The highest BCUT2D eigenvalue weighted by atomic mass is 16.2. The lowest BCUT2D eigenvalue weighted by Crippen LogP contribution is -2.60. The van der Waals surface area contributed by atoms with Crippen LogP contribution in [0, 0.1) is 22.7 Å². The Balaban J connectivity index is 0.963. The van der Waals surface area contributed by atoms with E-state index in [0.717, 1.165) is 10.9 Å². The number of benzene rings is 5. The highest BCUT2D eigenvalue weighted by molar-refractivity contribution is 6.01. The van der Waals surface area contributed by atoms with Gasteiger partial charge in [0.25, 0.3) is 0 Å². The van der Waals surface area contributed by atoms with Crippen molar-refractivity contribution in [1.29, 1.82) is 10.8 Å². The molecule has 5 aromatic carbocycles. The lowest BCUT2D eigenvalue weighted by atomic mass is 9.97. The van der Waals surface area contributed by atoms with Crippen LogP contribution in [-0.2, 0) is 94.4 Å². The predicted molar refractivity (Wildman–Crippen MR) is 559 cm³/mol. The molecule has 0 saturated heterocycles. The predicted octanol–water partition coefficient (Wildman–Crippen LogP) is 2.23. The van der Waals surface area contributed by atoms with Crippen molar-refractivity contribution in [2.75, 3.05) is 78.5 Å². The highest BCUT2D eigenvalue weighted by Gasteiger charge is 2.40. The van der Waals surface area contributed by atoms with E-state index in [1.807, 2.05) is 131 Å². The number of carbonyl (C=O) groups excluding carboxylic acids is 13. The fourth-order valence-corrected chi connectivity index (χ4v) is 17.9. The number of unbranched alkanes of at least 4 members (excludes halogenated alkanes) is 4. The van der Waals surface area contributed by atoms with E-state index in [2.05, 4.69) is 83.4 Å².